The predicted molar refractivity (Wildman–Crippen MR) is 91.1 cm³/mol. The molecule has 0 unspecified atom stereocenters. The molecule has 5 heteroatoms. The number of benzene rings is 1. The number of hydrogen-bond acceptors (Lipinski definition) is 5. The average molecular weight is 340 g/mol. The lowest BCUT2D eigenvalue weighted by Crippen LogP contribution is -2.30. The van der Waals surface area contributed by atoms with Gasteiger partial charge in [0.1, 0.15) is 11.3 Å². The number of methoxy groups -OCH3 is 2. The highest BCUT2D eigenvalue weighted by Crippen LogP contribution is 2.53. The summed E-state index contributed by atoms with van der Waals surface area (Å²) < 4.78 is 15.8. The number of carbonyl (C=O) groups excluding carboxylic acids is 2. The Morgan fingerprint density at radius 1 is 1.16 bits per heavy atom. The highest BCUT2D eigenvalue weighted by molar-refractivity contribution is 5.95. The minimum absolute atomic E-state index is 0.0411. The van der Waals surface area contributed by atoms with Gasteiger partial charge in [0.2, 0.25) is 0 Å². The molecule has 5 nitrogen and oxygen atoms in total. The SMILES string of the molecule is COC(=O)C(C[C@@H]1c2oc3ccccc3c2[C@@H]2C=C[C@H]1C2)C(=O)OC. The lowest BCUT2D eigenvalue weighted by Gasteiger charge is -2.29. The Hall–Kier alpha value is -2.56. The van der Waals surface area contributed by atoms with E-state index in [1.807, 2.05) is 18.2 Å². The van der Waals surface area contributed by atoms with Crippen molar-refractivity contribution in [2.24, 2.45) is 11.8 Å². The van der Waals surface area contributed by atoms with Gasteiger partial charge in [-0.25, -0.2) is 0 Å². The Bertz CT molecular complexity index is 846. The first-order valence-corrected chi connectivity index (χ1v) is 8.49. The summed E-state index contributed by atoms with van der Waals surface area (Å²) in [4.78, 5) is 24.2. The normalized spacial score (nSPS) is 23.7. The smallest absolute Gasteiger partial charge is 0.320 e. The number of carbonyl (C=O) groups is 2. The molecule has 0 radical (unpaired) electrons. The fourth-order valence-electron chi connectivity index (χ4n) is 4.29. The number of fused-ring (bicyclic) bond motifs is 6. The summed E-state index contributed by atoms with van der Waals surface area (Å²) in [6, 6.07) is 7.98. The lowest BCUT2D eigenvalue weighted by atomic mass is 9.74. The van der Waals surface area contributed by atoms with Crippen molar-refractivity contribution >= 4 is 22.9 Å². The third kappa shape index (κ3) is 2.46. The molecule has 2 bridgehead atoms. The van der Waals surface area contributed by atoms with Crippen molar-refractivity contribution in [3.8, 4) is 0 Å². The first-order chi connectivity index (χ1) is 12.1. The van der Waals surface area contributed by atoms with Crippen molar-refractivity contribution in [1.29, 1.82) is 0 Å². The summed E-state index contributed by atoms with van der Waals surface area (Å²) in [5, 5.41) is 1.12. The van der Waals surface area contributed by atoms with Crippen LogP contribution in [-0.4, -0.2) is 26.2 Å². The highest BCUT2D eigenvalue weighted by atomic mass is 16.5. The molecule has 0 aliphatic heterocycles. The molecule has 130 valence electrons. The maximum atomic E-state index is 12.1. The number of para-hydroxylation sites is 1. The summed E-state index contributed by atoms with van der Waals surface area (Å²) in [6.07, 6.45) is 5.71. The number of ether oxygens (including phenoxy) is 2. The molecule has 0 amide bonds. The van der Waals surface area contributed by atoms with Crippen molar-refractivity contribution in [2.45, 2.75) is 24.7 Å². The largest absolute Gasteiger partial charge is 0.468 e. The van der Waals surface area contributed by atoms with Crippen LogP contribution in [0.2, 0.25) is 0 Å². The zero-order valence-electron chi connectivity index (χ0n) is 14.2. The van der Waals surface area contributed by atoms with E-state index in [4.69, 9.17) is 13.9 Å². The van der Waals surface area contributed by atoms with Gasteiger partial charge in [0, 0.05) is 22.8 Å². The topological polar surface area (TPSA) is 65.7 Å². The maximum Gasteiger partial charge on any atom is 0.320 e. The fourth-order valence-corrected chi connectivity index (χ4v) is 4.29. The Morgan fingerprint density at radius 2 is 1.88 bits per heavy atom. The summed E-state index contributed by atoms with van der Waals surface area (Å²) in [5.41, 5.74) is 2.05. The van der Waals surface area contributed by atoms with E-state index < -0.39 is 17.9 Å². The third-order valence-electron chi connectivity index (χ3n) is 5.46. The van der Waals surface area contributed by atoms with Gasteiger partial charge in [0.05, 0.1) is 14.2 Å². The van der Waals surface area contributed by atoms with E-state index in [1.165, 1.54) is 19.8 Å². The second kappa shape index (κ2) is 6.06. The Balaban J connectivity index is 1.77. The molecule has 2 aromatic rings. The van der Waals surface area contributed by atoms with Crippen LogP contribution in [0.1, 0.15) is 36.0 Å². The van der Waals surface area contributed by atoms with Crippen LogP contribution in [0.15, 0.2) is 40.8 Å². The number of furan rings is 1. The lowest BCUT2D eigenvalue weighted by molar-refractivity contribution is -0.159. The Morgan fingerprint density at radius 3 is 2.60 bits per heavy atom. The van der Waals surface area contributed by atoms with Crippen LogP contribution >= 0.6 is 0 Å². The molecule has 2 aliphatic rings. The van der Waals surface area contributed by atoms with Crippen molar-refractivity contribution in [3.05, 3.63) is 47.7 Å². The molecule has 4 rings (SSSR count). The molecule has 0 saturated carbocycles. The minimum atomic E-state index is -0.938. The summed E-state index contributed by atoms with van der Waals surface area (Å²) in [6.45, 7) is 0. The van der Waals surface area contributed by atoms with Crippen LogP contribution in [0.5, 0.6) is 0 Å². The molecular formula is C20H20O5. The standard InChI is InChI=1S/C20H20O5/c1-23-19(21)15(20(22)24-2)10-14-11-7-8-12(9-11)17-13-5-3-4-6-16(13)25-18(14)17/h3-8,11-12,14-15H,9-10H2,1-2H3/t11-,12+,14-/m0/s1. The van der Waals surface area contributed by atoms with Gasteiger partial charge >= 0.3 is 11.9 Å². The average Bonchev–Trinajstić information content (AvgIpc) is 3.23. The second-order valence-corrected chi connectivity index (χ2v) is 6.71. The van der Waals surface area contributed by atoms with Crippen LogP contribution in [0.4, 0.5) is 0 Å². The summed E-state index contributed by atoms with van der Waals surface area (Å²) in [5.74, 6) is -0.607. The molecule has 1 aromatic heterocycles. The molecule has 0 saturated heterocycles. The highest BCUT2D eigenvalue weighted by Gasteiger charge is 2.43. The van der Waals surface area contributed by atoms with E-state index in [0.717, 1.165) is 23.2 Å². The van der Waals surface area contributed by atoms with E-state index >= 15 is 0 Å². The number of esters is 2. The predicted octanol–water partition coefficient (Wildman–Crippen LogP) is 3.54. The van der Waals surface area contributed by atoms with E-state index in [0.29, 0.717) is 12.3 Å². The number of hydrogen-bond donors (Lipinski definition) is 0. The molecular weight excluding hydrogens is 320 g/mol. The first-order valence-electron chi connectivity index (χ1n) is 8.49. The van der Waals surface area contributed by atoms with Crippen molar-refractivity contribution < 1.29 is 23.5 Å². The van der Waals surface area contributed by atoms with Gasteiger partial charge in [-0.05, 0) is 24.8 Å². The minimum Gasteiger partial charge on any atom is -0.468 e. The quantitative estimate of drug-likeness (QED) is 0.484. The maximum absolute atomic E-state index is 12.1. The van der Waals surface area contributed by atoms with Crippen LogP contribution in [0.3, 0.4) is 0 Å². The molecule has 1 heterocycles. The molecule has 3 atom stereocenters. The van der Waals surface area contributed by atoms with E-state index in [9.17, 15) is 9.59 Å². The molecule has 0 fully saturated rings. The molecule has 25 heavy (non-hydrogen) atoms. The van der Waals surface area contributed by atoms with E-state index in [-0.39, 0.29) is 11.8 Å². The van der Waals surface area contributed by atoms with Gasteiger partial charge in [-0.1, -0.05) is 30.4 Å². The van der Waals surface area contributed by atoms with Gasteiger partial charge in [0.15, 0.2) is 5.92 Å². The van der Waals surface area contributed by atoms with Crippen LogP contribution in [0.25, 0.3) is 11.0 Å². The zero-order valence-corrected chi connectivity index (χ0v) is 14.2. The van der Waals surface area contributed by atoms with Crippen molar-refractivity contribution in [2.75, 3.05) is 14.2 Å². The zero-order chi connectivity index (χ0) is 17.6. The fraction of sp³-hybridized carbons (Fsp3) is 0.400. The van der Waals surface area contributed by atoms with E-state index in [2.05, 4.69) is 18.2 Å². The van der Waals surface area contributed by atoms with Gasteiger partial charge in [0.25, 0.3) is 0 Å². The summed E-state index contributed by atoms with van der Waals surface area (Å²) in [7, 11) is 2.58. The van der Waals surface area contributed by atoms with E-state index in [1.54, 1.807) is 0 Å². The monoisotopic (exact) mass is 340 g/mol. The number of rotatable bonds is 4. The van der Waals surface area contributed by atoms with Crippen LogP contribution in [0, 0.1) is 11.8 Å². The van der Waals surface area contributed by atoms with Gasteiger partial charge in [-0.3, -0.25) is 9.59 Å². The molecule has 0 N–H and O–H groups in total. The first kappa shape index (κ1) is 15.9. The van der Waals surface area contributed by atoms with Gasteiger partial charge in [-0.2, -0.15) is 0 Å². The Labute approximate surface area is 145 Å². The Kier molecular flexibility index (Phi) is 3.86. The van der Waals surface area contributed by atoms with Crippen LogP contribution < -0.4 is 0 Å². The van der Waals surface area contributed by atoms with Crippen molar-refractivity contribution in [3.63, 3.8) is 0 Å². The second-order valence-electron chi connectivity index (χ2n) is 6.71. The van der Waals surface area contributed by atoms with Crippen LogP contribution in [-0.2, 0) is 19.1 Å². The molecule has 1 aromatic carbocycles. The van der Waals surface area contributed by atoms with Gasteiger partial charge in [-0.15, -0.1) is 0 Å². The molecule has 2 aliphatic carbocycles. The number of allylic oxidation sites excluding steroid dienone is 2. The third-order valence-corrected chi connectivity index (χ3v) is 5.46. The van der Waals surface area contributed by atoms with Gasteiger partial charge < -0.3 is 13.9 Å². The molecule has 0 spiro atoms. The van der Waals surface area contributed by atoms with Crippen molar-refractivity contribution in [1.82, 2.24) is 0 Å². The summed E-state index contributed by atoms with van der Waals surface area (Å²) >= 11 is 0.